The minimum absolute atomic E-state index is 0.191. The fraction of sp³-hybridized carbons (Fsp3) is 0.179. The van der Waals surface area contributed by atoms with Crippen LogP contribution >= 0.6 is 11.6 Å². The molecule has 0 radical (unpaired) electrons. The van der Waals surface area contributed by atoms with E-state index in [1.807, 2.05) is 25.1 Å². The minimum Gasteiger partial charge on any atom is -0.490 e. The standard InChI is InChI=1S/C28H23ClN2O7/c1-3-35-24-11-17(5-8-22(24)36-14-18-6-9-23-25(12-18)38-15-37-23)10-20-26(32)30-28(34)31(27(20)33)19-7-4-16(2)21(29)13-19/h4-13H,3,14-15H2,1-2H3,(H,30,32,34)/b20-10-. The maximum Gasteiger partial charge on any atom is 0.335 e. The third-order valence-electron chi connectivity index (χ3n) is 5.93. The number of nitrogens with zero attached hydrogens (tertiary/aromatic N) is 1. The van der Waals surface area contributed by atoms with Gasteiger partial charge < -0.3 is 18.9 Å². The van der Waals surface area contributed by atoms with Gasteiger partial charge in [-0.15, -0.1) is 0 Å². The third-order valence-corrected chi connectivity index (χ3v) is 6.33. The van der Waals surface area contributed by atoms with Crippen LogP contribution in [0.25, 0.3) is 6.08 Å². The maximum atomic E-state index is 13.2. The van der Waals surface area contributed by atoms with Crippen molar-refractivity contribution in [2.45, 2.75) is 20.5 Å². The van der Waals surface area contributed by atoms with Crippen LogP contribution in [0.4, 0.5) is 10.5 Å². The van der Waals surface area contributed by atoms with Crippen LogP contribution in [-0.4, -0.2) is 31.2 Å². The smallest absolute Gasteiger partial charge is 0.335 e. The van der Waals surface area contributed by atoms with Crippen LogP contribution in [0.15, 0.2) is 60.2 Å². The Morgan fingerprint density at radius 3 is 2.58 bits per heavy atom. The molecular formula is C28H23ClN2O7. The van der Waals surface area contributed by atoms with Gasteiger partial charge in [0.15, 0.2) is 23.0 Å². The molecule has 3 aromatic rings. The number of urea groups is 1. The molecule has 0 spiro atoms. The van der Waals surface area contributed by atoms with Crippen molar-refractivity contribution in [2.75, 3.05) is 18.3 Å². The highest BCUT2D eigenvalue weighted by Gasteiger charge is 2.37. The average Bonchev–Trinajstić information content (AvgIpc) is 3.36. The van der Waals surface area contributed by atoms with Gasteiger partial charge in [0, 0.05) is 5.02 Å². The number of halogens is 1. The number of hydrogen-bond donors (Lipinski definition) is 1. The van der Waals surface area contributed by atoms with Gasteiger partial charge in [-0.25, -0.2) is 9.69 Å². The van der Waals surface area contributed by atoms with Crippen molar-refractivity contribution in [3.63, 3.8) is 0 Å². The molecule has 0 saturated carbocycles. The van der Waals surface area contributed by atoms with E-state index in [1.54, 1.807) is 37.3 Å². The number of amides is 4. The van der Waals surface area contributed by atoms with Crippen molar-refractivity contribution < 1.29 is 33.3 Å². The van der Waals surface area contributed by atoms with Crippen LogP contribution in [-0.2, 0) is 16.2 Å². The Bertz CT molecular complexity index is 1480. The number of barbiturate groups is 1. The van der Waals surface area contributed by atoms with Crippen LogP contribution in [0.5, 0.6) is 23.0 Å². The Morgan fingerprint density at radius 2 is 1.79 bits per heavy atom. The summed E-state index contributed by atoms with van der Waals surface area (Å²) < 4.78 is 22.5. The van der Waals surface area contributed by atoms with Crippen molar-refractivity contribution >= 4 is 41.2 Å². The van der Waals surface area contributed by atoms with Crippen molar-refractivity contribution in [3.05, 3.63) is 81.9 Å². The highest BCUT2D eigenvalue weighted by Crippen LogP contribution is 2.34. The number of fused-ring (bicyclic) bond motifs is 1. The Labute approximate surface area is 223 Å². The predicted molar refractivity (Wildman–Crippen MR) is 140 cm³/mol. The van der Waals surface area contributed by atoms with Gasteiger partial charge in [0.1, 0.15) is 12.2 Å². The number of hydrogen-bond acceptors (Lipinski definition) is 7. The number of anilines is 1. The number of ether oxygens (including phenoxy) is 4. The van der Waals surface area contributed by atoms with E-state index in [2.05, 4.69) is 5.32 Å². The molecule has 0 aromatic heterocycles. The summed E-state index contributed by atoms with van der Waals surface area (Å²) in [6.45, 7) is 4.46. The first-order valence-electron chi connectivity index (χ1n) is 11.8. The fourth-order valence-electron chi connectivity index (χ4n) is 3.97. The normalized spacial score (nSPS) is 15.6. The number of aryl methyl sites for hydroxylation is 1. The van der Waals surface area contributed by atoms with Gasteiger partial charge in [0.2, 0.25) is 6.79 Å². The molecule has 38 heavy (non-hydrogen) atoms. The topological polar surface area (TPSA) is 103 Å². The Morgan fingerprint density at radius 1 is 0.974 bits per heavy atom. The number of carbonyl (C=O) groups is 3. The number of carbonyl (C=O) groups excluding carboxylic acids is 3. The van der Waals surface area contributed by atoms with E-state index < -0.39 is 17.8 Å². The number of rotatable bonds is 7. The molecule has 9 nitrogen and oxygen atoms in total. The second-order valence-electron chi connectivity index (χ2n) is 8.51. The SMILES string of the molecule is CCOc1cc(/C=C2/C(=O)NC(=O)N(c3ccc(C)c(Cl)c3)C2=O)ccc1OCc1ccc2c(c1)OCO2. The molecule has 1 fully saturated rings. The Hall–Kier alpha value is -4.50. The first kappa shape index (κ1) is 25.2. The molecule has 0 atom stereocenters. The summed E-state index contributed by atoms with van der Waals surface area (Å²) in [6.07, 6.45) is 1.40. The number of nitrogens with one attached hydrogen (secondary N) is 1. The fourth-order valence-corrected chi connectivity index (χ4v) is 4.15. The summed E-state index contributed by atoms with van der Waals surface area (Å²) in [5.41, 5.74) is 2.23. The second kappa shape index (κ2) is 10.5. The molecule has 0 bridgehead atoms. The number of imide groups is 2. The van der Waals surface area contributed by atoms with Crippen LogP contribution in [0, 0.1) is 6.92 Å². The van der Waals surface area contributed by atoms with E-state index in [1.165, 1.54) is 12.1 Å². The molecule has 3 aromatic carbocycles. The van der Waals surface area contributed by atoms with Crippen LogP contribution in [0.2, 0.25) is 5.02 Å². The molecule has 194 valence electrons. The summed E-state index contributed by atoms with van der Waals surface area (Å²) in [7, 11) is 0. The summed E-state index contributed by atoms with van der Waals surface area (Å²) >= 11 is 6.19. The monoisotopic (exact) mass is 534 g/mol. The molecule has 5 rings (SSSR count). The summed E-state index contributed by atoms with van der Waals surface area (Å²) in [5.74, 6) is 0.708. The van der Waals surface area contributed by atoms with E-state index in [-0.39, 0.29) is 24.7 Å². The first-order valence-corrected chi connectivity index (χ1v) is 12.2. The van der Waals surface area contributed by atoms with E-state index >= 15 is 0 Å². The van der Waals surface area contributed by atoms with E-state index in [9.17, 15) is 14.4 Å². The maximum absolute atomic E-state index is 13.2. The minimum atomic E-state index is -0.848. The molecule has 2 heterocycles. The van der Waals surface area contributed by atoms with Gasteiger partial charge in [-0.1, -0.05) is 29.8 Å². The van der Waals surface area contributed by atoms with E-state index in [4.69, 9.17) is 30.5 Å². The molecule has 0 unspecified atom stereocenters. The van der Waals surface area contributed by atoms with Crippen molar-refractivity contribution in [2.24, 2.45) is 0 Å². The summed E-state index contributed by atoms with van der Waals surface area (Å²) in [5, 5.41) is 2.60. The molecule has 0 aliphatic carbocycles. The number of benzene rings is 3. The average molecular weight is 535 g/mol. The molecule has 2 aliphatic rings. The zero-order valence-electron chi connectivity index (χ0n) is 20.6. The summed E-state index contributed by atoms with van der Waals surface area (Å²) in [6, 6.07) is 14.5. The molecule has 1 saturated heterocycles. The lowest BCUT2D eigenvalue weighted by molar-refractivity contribution is -0.122. The van der Waals surface area contributed by atoms with E-state index in [0.29, 0.717) is 40.2 Å². The second-order valence-corrected chi connectivity index (χ2v) is 8.91. The van der Waals surface area contributed by atoms with Crippen molar-refractivity contribution in [1.29, 1.82) is 0 Å². The lowest BCUT2D eigenvalue weighted by Crippen LogP contribution is -2.54. The molecule has 1 N–H and O–H groups in total. The lowest BCUT2D eigenvalue weighted by atomic mass is 10.1. The van der Waals surface area contributed by atoms with Crippen LogP contribution < -0.4 is 29.2 Å². The highest BCUT2D eigenvalue weighted by atomic mass is 35.5. The zero-order chi connectivity index (χ0) is 26.8. The van der Waals surface area contributed by atoms with Gasteiger partial charge in [0.25, 0.3) is 11.8 Å². The molecule has 10 heteroatoms. The summed E-state index contributed by atoms with van der Waals surface area (Å²) in [4.78, 5) is 39.2. The van der Waals surface area contributed by atoms with Gasteiger partial charge in [-0.05, 0) is 73.0 Å². The van der Waals surface area contributed by atoms with Gasteiger partial charge in [-0.3, -0.25) is 14.9 Å². The van der Waals surface area contributed by atoms with Crippen LogP contribution in [0.3, 0.4) is 0 Å². The molecule has 2 aliphatic heterocycles. The highest BCUT2D eigenvalue weighted by molar-refractivity contribution is 6.39. The van der Waals surface area contributed by atoms with E-state index in [0.717, 1.165) is 16.0 Å². The van der Waals surface area contributed by atoms with Crippen LogP contribution in [0.1, 0.15) is 23.6 Å². The molecule has 4 amide bonds. The lowest BCUT2D eigenvalue weighted by Gasteiger charge is -2.26. The zero-order valence-corrected chi connectivity index (χ0v) is 21.3. The van der Waals surface area contributed by atoms with Gasteiger partial charge >= 0.3 is 6.03 Å². The predicted octanol–water partition coefficient (Wildman–Crippen LogP) is 5.02. The first-order chi connectivity index (χ1) is 18.3. The van der Waals surface area contributed by atoms with Gasteiger partial charge in [0.05, 0.1) is 12.3 Å². The van der Waals surface area contributed by atoms with Crippen molar-refractivity contribution in [3.8, 4) is 23.0 Å². The van der Waals surface area contributed by atoms with Gasteiger partial charge in [-0.2, -0.15) is 0 Å². The molecular weight excluding hydrogens is 512 g/mol. The Kier molecular flexibility index (Phi) is 6.93. The third kappa shape index (κ3) is 5.01. The van der Waals surface area contributed by atoms with Crippen molar-refractivity contribution in [1.82, 2.24) is 5.32 Å². The largest absolute Gasteiger partial charge is 0.490 e. The Balaban J connectivity index is 1.39. The quantitative estimate of drug-likeness (QED) is 0.335.